The van der Waals surface area contributed by atoms with Crippen LogP contribution in [-0.4, -0.2) is 56.7 Å². The van der Waals surface area contributed by atoms with Crippen LogP contribution in [0.3, 0.4) is 0 Å². The van der Waals surface area contributed by atoms with E-state index in [1.165, 1.54) is 30.3 Å². The minimum atomic E-state index is -0.439. The van der Waals surface area contributed by atoms with Crippen LogP contribution >= 0.6 is 0 Å². The molecule has 1 heterocycles. The van der Waals surface area contributed by atoms with E-state index in [1.807, 2.05) is 0 Å². The number of aromatic nitrogens is 2. The molecule has 0 radical (unpaired) electrons. The average molecular weight is 1250 g/mol. The molecule has 0 unspecified atom stereocenters. The normalized spacial score (nSPS) is 41.7. The predicted molar refractivity (Wildman–Crippen MR) is 362 cm³/mol. The standard InChI is InChI=1S/C80H128N2O8/c1-69(2)40-44-79(46-42-75(11)55(57(79)53-69)27-29-61-73(9)36-33-63(83)71(5,6)59(73)31-38-77(61,75)13)66(86)89-51-25-21-17-15-19-23-48-81-50-35-65(85)82(68(81)88)49-24-20-16-18-22-26-52-90-67(87)80-45-41-70(3,4)54-58(80)56-28-30-62-74(10)37-34-64(84)72(7,8)60(74)32-39-78(62,14)76(56,12)43-47-80/h27-28,35,50,57-64,83-84H,15-26,29-34,36-49,51-54H2,1-14H3/t57-,58-,59-,60-,61+,62+,63-,64-,73-,74-,75+,76+,77+,78+,79-,80-/m0/s1. The van der Waals surface area contributed by atoms with Gasteiger partial charge in [0.15, 0.2) is 0 Å². The molecular weight excluding hydrogens is 1120 g/mol. The smallest absolute Gasteiger partial charge is 0.330 e. The first-order valence-corrected chi connectivity index (χ1v) is 37.7. The fourth-order valence-corrected chi connectivity index (χ4v) is 24.9. The summed E-state index contributed by atoms with van der Waals surface area (Å²) in [5.74, 6) is 2.77. The predicted octanol–water partition coefficient (Wildman–Crippen LogP) is 18.1. The first-order chi connectivity index (χ1) is 42.2. The van der Waals surface area contributed by atoms with Gasteiger partial charge in [0.1, 0.15) is 0 Å². The summed E-state index contributed by atoms with van der Waals surface area (Å²) in [5, 5.41) is 22.4. The molecule has 90 heavy (non-hydrogen) atoms. The molecule has 10 nitrogen and oxygen atoms in total. The molecule has 16 atom stereocenters. The Kier molecular flexibility index (Phi) is 18.7. The van der Waals surface area contributed by atoms with Crippen molar-refractivity contribution in [3.63, 3.8) is 0 Å². The van der Waals surface area contributed by atoms with Gasteiger partial charge in [-0.1, -0.05) is 172 Å². The largest absolute Gasteiger partial charge is 0.465 e. The van der Waals surface area contributed by atoms with Gasteiger partial charge >= 0.3 is 17.6 Å². The molecule has 0 aromatic carbocycles. The number of fused-ring (bicyclic) bond motifs is 14. The third-order valence-electron chi connectivity index (χ3n) is 31.2. The van der Waals surface area contributed by atoms with Crippen molar-refractivity contribution >= 4 is 11.9 Å². The van der Waals surface area contributed by atoms with Crippen molar-refractivity contribution in [2.45, 2.75) is 328 Å². The van der Waals surface area contributed by atoms with Gasteiger partial charge in [0.05, 0.1) is 36.3 Å². The molecular formula is C80H128N2O8. The van der Waals surface area contributed by atoms with Crippen molar-refractivity contribution in [2.75, 3.05) is 13.2 Å². The van der Waals surface area contributed by atoms with Crippen LogP contribution in [0.1, 0.15) is 302 Å². The number of rotatable bonds is 20. The lowest BCUT2D eigenvalue weighted by Gasteiger charge is -2.71. The molecule has 0 saturated heterocycles. The number of nitrogens with zero attached hydrogens (tertiary/aromatic N) is 2. The summed E-state index contributed by atoms with van der Waals surface area (Å²) in [6.07, 6.45) is 38.9. The van der Waals surface area contributed by atoms with Crippen LogP contribution in [0.5, 0.6) is 0 Å². The number of hydrogen-bond donors (Lipinski definition) is 2. The highest BCUT2D eigenvalue weighted by Gasteiger charge is 2.72. The molecule has 1 aromatic rings. The Bertz CT molecular complexity index is 3000. The van der Waals surface area contributed by atoms with Gasteiger partial charge in [-0.15, -0.1) is 0 Å². The quantitative estimate of drug-likeness (QED) is 0.0748. The van der Waals surface area contributed by atoms with E-state index in [0.717, 1.165) is 180 Å². The molecule has 0 bridgehead atoms. The van der Waals surface area contributed by atoms with Gasteiger partial charge in [0.25, 0.3) is 5.56 Å². The molecule has 8 saturated carbocycles. The van der Waals surface area contributed by atoms with E-state index in [2.05, 4.69) is 109 Å². The fourth-order valence-electron chi connectivity index (χ4n) is 24.9. The molecule has 506 valence electrons. The number of hydrogen-bond acceptors (Lipinski definition) is 8. The van der Waals surface area contributed by atoms with Crippen LogP contribution in [0.15, 0.2) is 45.2 Å². The van der Waals surface area contributed by atoms with Crippen molar-refractivity contribution in [1.82, 2.24) is 9.13 Å². The van der Waals surface area contributed by atoms with Crippen LogP contribution in [0.25, 0.3) is 0 Å². The van der Waals surface area contributed by atoms with E-state index in [4.69, 9.17) is 9.47 Å². The molecule has 8 fully saturated rings. The molecule has 0 spiro atoms. The lowest BCUT2D eigenvalue weighted by atomic mass is 9.33. The third kappa shape index (κ3) is 11.1. The second-order valence-corrected chi connectivity index (χ2v) is 37.3. The average Bonchev–Trinajstić information content (AvgIpc) is 0.687. The molecule has 0 amide bonds. The van der Waals surface area contributed by atoms with Gasteiger partial charge in [-0.25, -0.2) is 4.79 Å². The minimum Gasteiger partial charge on any atom is -0.465 e. The summed E-state index contributed by atoms with van der Waals surface area (Å²) in [6.45, 7) is 36.5. The van der Waals surface area contributed by atoms with Crippen LogP contribution in [-0.2, 0) is 32.2 Å². The molecule has 10 heteroatoms. The summed E-state index contributed by atoms with van der Waals surface area (Å²) in [7, 11) is 0. The van der Waals surface area contributed by atoms with Crippen molar-refractivity contribution in [1.29, 1.82) is 0 Å². The zero-order valence-electron chi connectivity index (χ0n) is 59.6. The maximum Gasteiger partial charge on any atom is 0.330 e. The summed E-state index contributed by atoms with van der Waals surface area (Å²) in [5.41, 5.74) is 2.92. The van der Waals surface area contributed by atoms with Gasteiger partial charge in [-0.3, -0.25) is 19.0 Å². The highest BCUT2D eigenvalue weighted by Crippen LogP contribution is 2.78. The van der Waals surface area contributed by atoms with Gasteiger partial charge < -0.3 is 24.3 Å². The fraction of sp³-hybridized carbons (Fsp3) is 0.875. The number of carbonyl (C=O) groups excluding carboxylic acids is 2. The maximum atomic E-state index is 14.6. The topological polar surface area (TPSA) is 137 Å². The van der Waals surface area contributed by atoms with Gasteiger partial charge in [-0.2, -0.15) is 0 Å². The Morgan fingerprint density at radius 3 is 1.29 bits per heavy atom. The second-order valence-electron chi connectivity index (χ2n) is 37.3. The number of allylic oxidation sites excluding steroid dienone is 4. The van der Waals surface area contributed by atoms with Crippen LogP contribution < -0.4 is 11.2 Å². The Hall–Kier alpha value is -2.98. The maximum absolute atomic E-state index is 14.6. The lowest BCUT2D eigenvalue weighted by molar-refractivity contribution is -0.206. The molecule has 1 aromatic heterocycles. The monoisotopic (exact) mass is 1240 g/mol. The van der Waals surface area contributed by atoms with E-state index in [0.29, 0.717) is 50.0 Å². The van der Waals surface area contributed by atoms with Crippen molar-refractivity contribution in [3.8, 4) is 0 Å². The molecule has 10 aliphatic carbocycles. The van der Waals surface area contributed by atoms with E-state index < -0.39 is 10.8 Å². The summed E-state index contributed by atoms with van der Waals surface area (Å²) < 4.78 is 15.9. The molecule has 0 aliphatic heterocycles. The third-order valence-corrected chi connectivity index (χ3v) is 31.2. The molecule has 2 N–H and O–H groups in total. The van der Waals surface area contributed by atoms with E-state index in [-0.39, 0.29) is 101 Å². The Balaban J connectivity index is 0.587. The number of aliphatic hydroxyl groups is 2. The number of unbranched alkanes of at least 4 members (excludes halogenated alkanes) is 10. The van der Waals surface area contributed by atoms with Crippen LogP contribution in [0.4, 0.5) is 0 Å². The zero-order valence-corrected chi connectivity index (χ0v) is 59.6. The van der Waals surface area contributed by atoms with E-state index >= 15 is 0 Å². The minimum absolute atomic E-state index is 0.0507. The van der Waals surface area contributed by atoms with Crippen LogP contribution in [0.2, 0.25) is 0 Å². The SMILES string of the molecule is CC1(C)CC[C@]2(C(=O)OCCCCCCCCn3ccc(=O)n(CCCCCCCCOC(=O)[C@]45CCC(C)(C)C[C@H]4C4=CC[C@@H]6[C@@]7(C)CC[C@H](O)C(C)(C)[C@@H]7CC[C@@]6(C)[C@]4(C)CC5)c3=O)CC[C@]3(C)C(=CC[C@@H]4[C@@]5(C)CC[C@H](O)C(C)(C)[C@@H]5CC[C@]43C)[C@@H]2C1. The van der Waals surface area contributed by atoms with Crippen molar-refractivity contribution in [3.05, 3.63) is 56.4 Å². The number of aliphatic hydroxyl groups excluding tert-OH is 2. The van der Waals surface area contributed by atoms with Gasteiger partial charge in [0, 0.05) is 25.4 Å². The van der Waals surface area contributed by atoms with Gasteiger partial charge in [0.2, 0.25) is 0 Å². The number of ether oxygens (including phenoxy) is 2. The highest BCUT2D eigenvalue weighted by molar-refractivity contribution is 5.79. The van der Waals surface area contributed by atoms with E-state index in [9.17, 15) is 29.4 Å². The first kappa shape index (κ1) is 68.4. The number of aryl methyl sites for hydroxylation is 1. The Morgan fingerprint density at radius 2 is 0.856 bits per heavy atom. The Labute approximate surface area is 545 Å². The number of esters is 2. The summed E-state index contributed by atoms with van der Waals surface area (Å²) >= 11 is 0. The molecule has 10 aliphatic rings. The molecule has 11 rings (SSSR count). The zero-order chi connectivity index (χ0) is 64.9. The lowest BCUT2D eigenvalue weighted by Crippen LogP contribution is -2.65. The van der Waals surface area contributed by atoms with E-state index in [1.54, 1.807) is 28.0 Å². The summed E-state index contributed by atoms with van der Waals surface area (Å²) in [6, 6.07) is 1.54. The van der Waals surface area contributed by atoms with Crippen LogP contribution in [0, 0.1) is 100 Å². The highest BCUT2D eigenvalue weighted by atomic mass is 16.5. The summed E-state index contributed by atoms with van der Waals surface area (Å²) in [4.78, 5) is 55.7. The first-order valence-electron chi connectivity index (χ1n) is 37.7. The number of carbonyl (C=O) groups is 2. The second kappa shape index (κ2) is 24.6. The van der Waals surface area contributed by atoms with Crippen molar-refractivity contribution < 1.29 is 29.3 Å². The van der Waals surface area contributed by atoms with Gasteiger partial charge in [-0.05, 0) is 244 Å². The Morgan fingerprint density at radius 1 is 0.467 bits per heavy atom. The van der Waals surface area contributed by atoms with Crippen molar-refractivity contribution in [2.24, 2.45) is 100 Å².